The lowest BCUT2D eigenvalue weighted by atomic mass is 9.78. The Hall–Kier alpha value is -2.08. The maximum atomic E-state index is 12.6. The minimum Gasteiger partial charge on any atom is -0.484 e. The zero-order valence-electron chi connectivity index (χ0n) is 13.6. The van der Waals surface area contributed by atoms with Crippen LogP contribution in [0.5, 0.6) is 5.75 Å². The van der Waals surface area contributed by atoms with E-state index in [0.29, 0.717) is 17.4 Å². The van der Waals surface area contributed by atoms with Crippen LogP contribution in [0.3, 0.4) is 0 Å². The molecule has 0 saturated heterocycles. The Morgan fingerprint density at radius 2 is 2.04 bits per heavy atom. The zero-order valence-corrected chi connectivity index (χ0v) is 13.6. The number of hydrogen-bond acceptors (Lipinski definition) is 4. The van der Waals surface area contributed by atoms with E-state index in [1.165, 1.54) is 0 Å². The molecular weight excluding hydrogens is 296 g/mol. The van der Waals surface area contributed by atoms with Crippen molar-refractivity contribution in [3.63, 3.8) is 0 Å². The SMILES string of the molecule is COC1(C(=O)Nc2ccc(OCC(N)=O)cc2)CCCC(C)C1. The molecule has 2 rings (SSSR count). The summed E-state index contributed by atoms with van der Waals surface area (Å²) in [7, 11) is 1.60. The van der Waals surface area contributed by atoms with Crippen LogP contribution in [-0.2, 0) is 14.3 Å². The smallest absolute Gasteiger partial charge is 0.256 e. The summed E-state index contributed by atoms with van der Waals surface area (Å²) >= 11 is 0. The molecule has 1 aliphatic carbocycles. The van der Waals surface area contributed by atoms with Gasteiger partial charge in [-0.25, -0.2) is 0 Å². The maximum Gasteiger partial charge on any atom is 0.256 e. The third-order valence-electron chi connectivity index (χ3n) is 4.25. The predicted molar refractivity (Wildman–Crippen MR) is 87.1 cm³/mol. The molecule has 6 heteroatoms. The number of hydrogen-bond donors (Lipinski definition) is 2. The van der Waals surface area contributed by atoms with Crippen molar-refractivity contribution < 1.29 is 19.1 Å². The van der Waals surface area contributed by atoms with E-state index in [2.05, 4.69) is 12.2 Å². The van der Waals surface area contributed by atoms with E-state index in [9.17, 15) is 9.59 Å². The van der Waals surface area contributed by atoms with Gasteiger partial charge in [0, 0.05) is 12.8 Å². The van der Waals surface area contributed by atoms with E-state index >= 15 is 0 Å². The van der Waals surface area contributed by atoms with Crippen LogP contribution in [0.4, 0.5) is 5.69 Å². The molecule has 126 valence electrons. The lowest BCUT2D eigenvalue weighted by Gasteiger charge is -2.37. The Kier molecular flexibility index (Phi) is 5.60. The normalized spacial score (nSPS) is 24.0. The average molecular weight is 320 g/mol. The van der Waals surface area contributed by atoms with Gasteiger partial charge in [-0.3, -0.25) is 9.59 Å². The summed E-state index contributed by atoms with van der Waals surface area (Å²) in [6.07, 6.45) is 3.58. The molecule has 0 radical (unpaired) electrons. The first-order chi connectivity index (χ1) is 10.9. The number of methoxy groups -OCH3 is 1. The van der Waals surface area contributed by atoms with Gasteiger partial charge >= 0.3 is 0 Å². The van der Waals surface area contributed by atoms with Crippen molar-refractivity contribution >= 4 is 17.5 Å². The van der Waals surface area contributed by atoms with Crippen LogP contribution in [0, 0.1) is 5.92 Å². The first kappa shape index (κ1) is 17.3. The van der Waals surface area contributed by atoms with Gasteiger partial charge < -0.3 is 20.5 Å². The number of primary amides is 1. The van der Waals surface area contributed by atoms with Gasteiger partial charge in [0.1, 0.15) is 11.4 Å². The van der Waals surface area contributed by atoms with Gasteiger partial charge in [0.25, 0.3) is 11.8 Å². The summed E-state index contributed by atoms with van der Waals surface area (Å²) in [4.78, 5) is 23.3. The second-order valence-electron chi connectivity index (χ2n) is 6.13. The first-order valence-electron chi connectivity index (χ1n) is 7.83. The van der Waals surface area contributed by atoms with Gasteiger partial charge in [0.05, 0.1) is 0 Å². The Balaban J connectivity index is 2.00. The molecule has 0 bridgehead atoms. The Morgan fingerprint density at radius 1 is 1.35 bits per heavy atom. The largest absolute Gasteiger partial charge is 0.484 e. The monoisotopic (exact) mass is 320 g/mol. The summed E-state index contributed by atoms with van der Waals surface area (Å²) in [5, 5.41) is 2.90. The topological polar surface area (TPSA) is 90.7 Å². The second kappa shape index (κ2) is 7.46. The number of anilines is 1. The lowest BCUT2D eigenvalue weighted by molar-refractivity contribution is -0.143. The lowest BCUT2D eigenvalue weighted by Crippen LogP contribution is -2.47. The van der Waals surface area contributed by atoms with E-state index < -0.39 is 11.5 Å². The van der Waals surface area contributed by atoms with Crippen molar-refractivity contribution in [2.24, 2.45) is 11.7 Å². The fourth-order valence-electron chi connectivity index (χ4n) is 3.02. The molecule has 0 aromatic heterocycles. The van der Waals surface area contributed by atoms with Crippen LogP contribution in [0.2, 0.25) is 0 Å². The molecule has 1 saturated carbocycles. The van der Waals surface area contributed by atoms with Gasteiger partial charge in [0.2, 0.25) is 0 Å². The summed E-state index contributed by atoms with van der Waals surface area (Å²) in [5.74, 6) is 0.349. The Bertz CT molecular complexity index is 558. The fraction of sp³-hybridized carbons (Fsp3) is 0.529. The van der Waals surface area contributed by atoms with E-state index in [1.807, 2.05) is 0 Å². The molecule has 2 atom stereocenters. The van der Waals surface area contributed by atoms with Crippen molar-refractivity contribution in [3.8, 4) is 5.75 Å². The molecule has 1 aliphatic rings. The molecule has 0 spiro atoms. The highest BCUT2D eigenvalue weighted by molar-refractivity contribution is 5.97. The quantitative estimate of drug-likeness (QED) is 0.839. The van der Waals surface area contributed by atoms with Crippen molar-refractivity contribution in [1.29, 1.82) is 0 Å². The zero-order chi connectivity index (χ0) is 16.9. The number of nitrogens with two attached hydrogens (primary N) is 1. The van der Waals surface area contributed by atoms with Crippen molar-refractivity contribution in [2.45, 2.75) is 38.2 Å². The van der Waals surface area contributed by atoms with Crippen LogP contribution in [0.15, 0.2) is 24.3 Å². The van der Waals surface area contributed by atoms with Crippen LogP contribution in [0.1, 0.15) is 32.6 Å². The Labute approximate surface area is 136 Å². The third kappa shape index (κ3) is 4.45. The van der Waals surface area contributed by atoms with Crippen LogP contribution >= 0.6 is 0 Å². The number of amides is 2. The first-order valence-corrected chi connectivity index (χ1v) is 7.83. The van der Waals surface area contributed by atoms with Crippen molar-refractivity contribution in [3.05, 3.63) is 24.3 Å². The predicted octanol–water partition coefficient (Wildman–Crippen LogP) is 2.08. The number of carbonyl (C=O) groups is 2. The molecule has 23 heavy (non-hydrogen) atoms. The third-order valence-corrected chi connectivity index (χ3v) is 4.25. The molecule has 1 aromatic carbocycles. The molecule has 1 fully saturated rings. The van der Waals surface area contributed by atoms with Crippen LogP contribution in [0.25, 0.3) is 0 Å². The fourth-order valence-corrected chi connectivity index (χ4v) is 3.02. The van der Waals surface area contributed by atoms with E-state index in [1.54, 1.807) is 31.4 Å². The summed E-state index contributed by atoms with van der Waals surface area (Å²) in [6.45, 7) is 1.97. The average Bonchev–Trinajstić information content (AvgIpc) is 2.54. The minimum absolute atomic E-state index is 0.114. The number of benzene rings is 1. The van der Waals surface area contributed by atoms with Gasteiger partial charge in [-0.1, -0.05) is 13.3 Å². The van der Waals surface area contributed by atoms with Gasteiger partial charge in [-0.2, -0.15) is 0 Å². The van der Waals surface area contributed by atoms with Crippen LogP contribution < -0.4 is 15.8 Å². The van der Waals surface area contributed by atoms with Crippen LogP contribution in [-0.4, -0.2) is 31.1 Å². The summed E-state index contributed by atoms with van der Waals surface area (Å²) < 4.78 is 10.8. The van der Waals surface area contributed by atoms with E-state index in [0.717, 1.165) is 25.7 Å². The molecule has 6 nitrogen and oxygen atoms in total. The van der Waals surface area contributed by atoms with Gasteiger partial charge in [-0.15, -0.1) is 0 Å². The van der Waals surface area contributed by atoms with Crippen molar-refractivity contribution in [1.82, 2.24) is 0 Å². The number of ether oxygens (including phenoxy) is 2. The highest BCUT2D eigenvalue weighted by Gasteiger charge is 2.41. The highest BCUT2D eigenvalue weighted by Crippen LogP contribution is 2.35. The molecule has 0 heterocycles. The van der Waals surface area contributed by atoms with E-state index in [-0.39, 0.29) is 12.5 Å². The molecule has 3 N–H and O–H groups in total. The molecule has 2 amide bonds. The minimum atomic E-state index is -0.751. The Morgan fingerprint density at radius 3 is 2.61 bits per heavy atom. The maximum absolute atomic E-state index is 12.6. The molecule has 2 unspecified atom stereocenters. The summed E-state index contributed by atoms with van der Waals surface area (Å²) in [5.41, 5.74) is 4.94. The number of rotatable bonds is 6. The highest BCUT2D eigenvalue weighted by atomic mass is 16.5. The van der Waals surface area contributed by atoms with Gasteiger partial charge in [-0.05, 0) is 49.4 Å². The molecule has 0 aliphatic heterocycles. The summed E-state index contributed by atoms with van der Waals surface area (Å²) in [6, 6.07) is 6.82. The van der Waals surface area contributed by atoms with Gasteiger partial charge in [0.15, 0.2) is 6.61 Å². The number of nitrogens with one attached hydrogen (secondary N) is 1. The molecular formula is C17H24N2O4. The molecule has 1 aromatic rings. The second-order valence-corrected chi connectivity index (χ2v) is 6.13. The van der Waals surface area contributed by atoms with E-state index in [4.69, 9.17) is 15.2 Å². The standard InChI is InChI=1S/C17H24N2O4/c1-12-4-3-9-17(10-12,22-2)16(21)19-13-5-7-14(8-6-13)23-11-15(18)20/h5-8,12H,3-4,9-11H2,1-2H3,(H2,18,20)(H,19,21). The van der Waals surface area contributed by atoms with Crippen molar-refractivity contribution in [2.75, 3.05) is 19.0 Å². The number of carbonyl (C=O) groups excluding carboxylic acids is 2.